The summed E-state index contributed by atoms with van der Waals surface area (Å²) in [6.45, 7) is 2.79. The third kappa shape index (κ3) is 3.16. The number of hydrogen-bond acceptors (Lipinski definition) is 2. The molecule has 0 aliphatic heterocycles. The van der Waals surface area contributed by atoms with Crippen molar-refractivity contribution in [3.05, 3.63) is 52.6 Å². The SMILES string of the molecule is CCCn1ccnc1CC(O)c1cc(F)c(Cl)cc1F. The number of aromatic nitrogens is 2. The van der Waals surface area contributed by atoms with Crippen molar-refractivity contribution in [2.45, 2.75) is 32.4 Å². The molecular weight excluding hydrogens is 286 g/mol. The molecular formula is C14H15ClF2N2O. The summed E-state index contributed by atoms with van der Waals surface area (Å²) in [6, 6.07) is 1.80. The first-order valence-corrected chi connectivity index (χ1v) is 6.73. The lowest BCUT2D eigenvalue weighted by Gasteiger charge is -2.13. The summed E-state index contributed by atoms with van der Waals surface area (Å²) in [6.07, 6.45) is 3.29. The van der Waals surface area contributed by atoms with E-state index in [0.29, 0.717) is 5.82 Å². The van der Waals surface area contributed by atoms with Crippen molar-refractivity contribution in [2.75, 3.05) is 0 Å². The second-order valence-electron chi connectivity index (χ2n) is 4.54. The molecule has 1 heterocycles. The van der Waals surface area contributed by atoms with Gasteiger partial charge in [0, 0.05) is 30.9 Å². The fourth-order valence-electron chi connectivity index (χ4n) is 2.05. The Morgan fingerprint density at radius 1 is 1.35 bits per heavy atom. The minimum atomic E-state index is -1.17. The van der Waals surface area contributed by atoms with Crippen LogP contribution in [0.25, 0.3) is 0 Å². The summed E-state index contributed by atoms with van der Waals surface area (Å²) >= 11 is 5.49. The highest BCUT2D eigenvalue weighted by Crippen LogP contribution is 2.25. The van der Waals surface area contributed by atoms with Gasteiger partial charge in [-0.2, -0.15) is 0 Å². The number of benzene rings is 1. The van der Waals surface area contributed by atoms with Crippen LogP contribution < -0.4 is 0 Å². The van der Waals surface area contributed by atoms with Crippen molar-refractivity contribution in [2.24, 2.45) is 0 Å². The van der Waals surface area contributed by atoms with E-state index in [1.807, 2.05) is 11.5 Å². The molecule has 2 rings (SSSR count). The number of hydrogen-bond donors (Lipinski definition) is 1. The third-order valence-electron chi connectivity index (χ3n) is 3.04. The summed E-state index contributed by atoms with van der Waals surface area (Å²) in [4.78, 5) is 4.13. The summed E-state index contributed by atoms with van der Waals surface area (Å²) in [7, 11) is 0. The predicted octanol–water partition coefficient (Wildman–Crippen LogP) is 3.50. The van der Waals surface area contributed by atoms with Crippen LogP contribution in [0.1, 0.15) is 30.8 Å². The Morgan fingerprint density at radius 2 is 2.10 bits per heavy atom. The Morgan fingerprint density at radius 3 is 2.80 bits per heavy atom. The lowest BCUT2D eigenvalue weighted by Crippen LogP contribution is -2.10. The lowest BCUT2D eigenvalue weighted by molar-refractivity contribution is 0.169. The van der Waals surface area contributed by atoms with E-state index in [4.69, 9.17) is 11.6 Å². The van der Waals surface area contributed by atoms with E-state index in [-0.39, 0.29) is 17.0 Å². The van der Waals surface area contributed by atoms with Crippen LogP contribution >= 0.6 is 11.6 Å². The van der Waals surface area contributed by atoms with Crippen molar-refractivity contribution in [1.82, 2.24) is 9.55 Å². The van der Waals surface area contributed by atoms with E-state index in [9.17, 15) is 13.9 Å². The first kappa shape index (κ1) is 14.9. The second kappa shape index (κ2) is 6.33. The molecule has 0 bridgehead atoms. The number of nitrogens with zero attached hydrogens (tertiary/aromatic N) is 2. The molecule has 0 saturated carbocycles. The van der Waals surface area contributed by atoms with Crippen LogP contribution in [-0.2, 0) is 13.0 Å². The number of imidazole rings is 1. The normalized spacial score (nSPS) is 12.7. The number of rotatable bonds is 5. The van der Waals surface area contributed by atoms with Gasteiger partial charge >= 0.3 is 0 Å². The average molecular weight is 301 g/mol. The van der Waals surface area contributed by atoms with Gasteiger partial charge in [0.15, 0.2) is 0 Å². The van der Waals surface area contributed by atoms with Crippen LogP contribution in [0.2, 0.25) is 5.02 Å². The van der Waals surface area contributed by atoms with Gasteiger partial charge in [0.25, 0.3) is 0 Å². The molecule has 0 spiro atoms. The molecule has 1 atom stereocenters. The fourth-order valence-corrected chi connectivity index (χ4v) is 2.20. The molecule has 2 aromatic rings. The number of aliphatic hydroxyl groups is 1. The summed E-state index contributed by atoms with van der Waals surface area (Å²) in [5.41, 5.74) is -0.113. The molecule has 0 aliphatic rings. The molecule has 1 aromatic carbocycles. The van der Waals surface area contributed by atoms with E-state index in [1.165, 1.54) is 0 Å². The third-order valence-corrected chi connectivity index (χ3v) is 3.33. The molecule has 6 heteroatoms. The van der Waals surface area contributed by atoms with Gasteiger partial charge < -0.3 is 9.67 Å². The Kier molecular flexibility index (Phi) is 4.73. The smallest absolute Gasteiger partial charge is 0.142 e. The van der Waals surface area contributed by atoms with Crippen molar-refractivity contribution < 1.29 is 13.9 Å². The van der Waals surface area contributed by atoms with Crippen molar-refractivity contribution in [1.29, 1.82) is 0 Å². The van der Waals surface area contributed by atoms with Gasteiger partial charge in [-0.25, -0.2) is 13.8 Å². The number of aliphatic hydroxyl groups excluding tert-OH is 1. The standard InChI is InChI=1S/C14H15ClF2N2O/c1-2-4-19-5-3-18-14(19)8-13(20)9-6-12(17)10(15)7-11(9)16/h3,5-7,13,20H,2,4,8H2,1H3. The van der Waals surface area contributed by atoms with Gasteiger partial charge in [0.05, 0.1) is 11.1 Å². The molecule has 1 aromatic heterocycles. The molecule has 0 aliphatic carbocycles. The zero-order valence-electron chi connectivity index (χ0n) is 11.0. The van der Waals surface area contributed by atoms with Gasteiger partial charge in [-0.3, -0.25) is 0 Å². The van der Waals surface area contributed by atoms with Crippen LogP contribution in [0.4, 0.5) is 8.78 Å². The topological polar surface area (TPSA) is 38.0 Å². The average Bonchev–Trinajstić information content (AvgIpc) is 2.81. The Bertz CT molecular complexity index is 601. The molecule has 0 saturated heterocycles. The highest BCUT2D eigenvalue weighted by molar-refractivity contribution is 6.30. The maximum Gasteiger partial charge on any atom is 0.142 e. The van der Waals surface area contributed by atoms with Gasteiger partial charge in [-0.05, 0) is 18.6 Å². The fraction of sp³-hybridized carbons (Fsp3) is 0.357. The Hall–Kier alpha value is -1.46. The molecule has 20 heavy (non-hydrogen) atoms. The van der Waals surface area contributed by atoms with Crippen molar-refractivity contribution >= 4 is 11.6 Å². The second-order valence-corrected chi connectivity index (χ2v) is 4.95. The maximum absolute atomic E-state index is 13.7. The van der Waals surface area contributed by atoms with E-state index in [0.717, 1.165) is 25.1 Å². The van der Waals surface area contributed by atoms with Crippen LogP contribution in [0, 0.1) is 11.6 Å². The van der Waals surface area contributed by atoms with E-state index in [2.05, 4.69) is 4.98 Å². The molecule has 3 nitrogen and oxygen atoms in total. The van der Waals surface area contributed by atoms with Crippen LogP contribution in [-0.4, -0.2) is 14.7 Å². The molecule has 1 unspecified atom stereocenters. The highest BCUT2D eigenvalue weighted by atomic mass is 35.5. The van der Waals surface area contributed by atoms with Gasteiger partial charge in [-0.15, -0.1) is 0 Å². The van der Waals surface area contributed by atoms with Crippen LogP contribution in [0.3, 0.4) is 0 Å². The monoisotopic (exact) mass is 300 g/mol. The van der Waals surface area contributed by atoms with Crippen molar-refractivity contribution in [3.63, 3.8) is 0 Å². The molecule has 0 fully saturated rings. The Labute approximate surface area is 120 Å². The van der Waals surface area contributed by atoms with Gasteiger partial charge in [0.2, 0.25) is 0 Å². The quantitative estimate of drug-likeness (QED) is 0.858. The van der Waals surface area contributed by atoms with Crippen molar-refractivity contribution in [3.8, 4) is 0 Å². The van der Waals surface area contributed by atoms with Gasteiger partial charge in [0.1, 0.15) is 17.5 Å². The largest absolute Gasteiger partial charge is 0.388 e. The minimum Gasteiger partial charge on any atom is -0.388 e. The Balaban J connectivity index is 2.21. The van der Waals surface area contributed by atoms with E-state index < -0.39 is 17.7 Å². The highest BCUT2D eigenvalue weighted by Gasteiger charge is 2.18. The zero-order valence-corrected chi connectivity index (χ0v) is 11.7. The predicted molar refractivity (Wildman–Crippen MR) is 72.5 cm³/mol. The lowest BCUT2D eigenvalue weighted by atomic mass is 10.1. The number of halogens is 3. The first-order valence-electron chi connectivity index (χ1n) is 6.35. The summed E-state index contributed by atoms with van der Waals surface area (Å²) < 4.78 is 29.0. The number of aryl methyl sites for hydroxylation is 1. The molecule has 108 valence electrons. The zero-order chi connectivity index (χ0) is 14.7. The summed E-state index contributed by atoms with van der Waals surface area (Å²) in [5, 5.41) is 9.78. The van der Waals surface area contributed by atoms with Crippen LogP contribution in [0.5, 0.6) is 0 Å². The minimum absolute atomic E-state index is 0.113. The van der Waals surface area contributed by atoms with E-state index >= 15 is 0 Å². The van der Waals surface area contributed by atoms with Gasteiger partial charge in [-0.1, -0.05) is 18.5 Å². The van der Waals surface area contributed by atoms with Crippen LogP contribution in [0.15, 0.2) is 24.5 Å². The molecule has 0 amide bonds. The van der Waals surface area contributed by atoms with E-state index in [1.54, 1.807) is 12.4 Å². The summed E-state index contributed by atoms with van der Waals surface area (Å²) in [5.74, 6) is -0.842. The molecule has 1 N–H and O–H groups in total. The first-order chi connectivity index (χ1) is 9.52. The molecule has 0 radical (unpaired) electrons. The maximum atomic E-state index is 13.7.